The Morgan fingerprint density at radius 2 is 2.12 bits per heavy atom. The number of ether oxygens (including phenoxy) is 2. The van der Waals surface area contributed by atoms with Crippen LogP contribution in [0.25, 0.3) is 5.57 Å². The maximum Gasteiger partial charge on any atom is 0.259 e. The van der Waals surface area contributed by atoms with Gasteiger partial charge < -0.3 is 24.4 Å². The molecule has 0 bridgehead atoms. The second-order valence-electron chi connectivity index (χ2n) is 9.93. The molecule has 2 aliphatic heterocycles. The minimum atomic E-state index is -0.336. The second-order valence-corrected chi connectivity index (χ2v) is 9.93. The topological polar surface area (TPSA) is 92.2 Å². The van der Waals surface area contributed by atoms with Gasteiger partial charge in [-0.3, -0.25) is 9.59 Å². The van der Waals surface area contributed by atoms with Gasteiger partial charge in [0.15, 0.2) is 0 Å². The van der Waals surface area contributed by atoms with Gasteiger partial charge >= 0.3 is 0 Å². The number of hydrogen-bond donors (Lipinski definition) is 1. The van der Waals surface area contributed by atoms with Crippen molar-refractivity contribution in [1.29, 1.82) is 0 Å². The van der Waals surface area contributed by atoms with E-state index in [1.54, 1.807) is 16.0 Å². The van der Waals surface area contributed by atoms with Gasteiger partial charge in [-0.1, -0.05) is 13.0 Å². The molecule has 0 saturated carbocycles. The quantitative estimate of drug-likeness (QED) is 0.686. The van der Waals surface area contributed by atoms with Crippen LogP contribution in [0, 0.1) is 11.8 Å². The van der Waals surface area contributed by atoms with E-state index in [2.05, 4.69) is 11.1 Å². The molecule has 1 aliphatic carbocycles. The number of fused-ring (bicyclic) bond motifs is 1. The predicted octanol–water partition coefficient (Wildman–Crippen LogP) is 2.75. The van der Waals surface area contributed by atoms with E-state index in [4.69, 9.17) is 9.47 Å². The molecule has 0 aromatic carbocycles. The Morgan fingerprint density at radius 3 is 2.79 bits per heavy atom. The average Bonchev–Trinajstić information content (AvgIpc) is 3.40. The van der Waals surface area contributed by atoms with Crippen LogP contribution < -0.4 is 4.74 Å². The summed E-state index contributed by atoms with van der Waals surface area (Å²) in [6, 6.07) is 1.54. The Morgan fingerprint density at radius 1 is 1.35 bits per heavy atom. The van der Waals surface area contributed by atoms with Gasteiger partial charge in [-0.15, -0.1) is 0 Å². The number of hydrogen-bond acceptors (Lipinski definition) is 6. The maximum absolute atomic E-state index is 13.5. The van der Waals surface area contributed by atoms with Crippen LogP contribution in [-0.2, 0) is 9.53 Å². The zero-order valence-electron chi connectivity index (χ0n) is 20.5. The number of rotatable bonds is 6. The standard InChI is InChI=1S/C26H37N3O5/c1-17-14-29(18(2)16-30)26(32)22-12-21(19-6-4-5-7-19)13-27-24(22)34-23(17)15-28(3)25(31)20-8-10-33-11-9-20/h6,12-13,17-18,20,23,30H,4-5,7-11,14-16H2,1-3H3/t17-,18-,23-/m1/s1. The molecule has 3 heterocycles. The molecule has 3 aliphatic rings. The zero-order chi connectivity index (χ0) is 24.2. The molecule has 0 unspecified atom stereocenters. The van der Waals surface area contributed by atoms with Crippen molar-refractivity contribution in [3.8, 4) is 5.88 Å². The maximum atomic E-state index is 13.5. The first-order valence-corrected chi connectivity index (χ1v) is 12.5. The molecular formula is C26H37N3O5. The lowest BCUT2D eigenvalue weighted by molar-refractivity contribution is -0.138. The number of carbonyl (C=O) groups excluding carboxylic acids is 2. The highest BCUT2D eigenvalue weighted by Crippen LogP contribution is 2.32. The number of likely N-dealkylation sites (N-methyl/N-ethyl adjacent to an activating group) is 1. The number of amides is 2. The third kappa shape index (κ3) is 5.28. The fraction of sp³-hybridized carbons (Fsp3) is 0.654. The highest BCUT2D eigenvalue weighted by atomic mass is 16.5. The van der Waals surface area contributed by atoms with E-state index < -0.39 is 0 Å². The van der Waals surface area contributed by atoms with E-state index in [0.717, 1.165) is 37.7 Å². The van der Waals surface area contributed by atoms with Gasteiger partial charge in [0.1, 0.15) is 11.7 Å². The Bertz CT molecular complexity index is 927. The molecule has 186 valence electrons. The van der Waals surface area contributed by atoms with Crippen molar-refractivity contribution < 1.29 is 24.2 Å². The summed E-state index contributed by atoms with van der Waals surface area (Å²) in [6.45, 7) is 5.81. The SMILES string of the molecule is C[C@@H]1CN([C@H](C)CO)C(=O)c2cc(C3=CCCC3)cnc2O[C@@H]1CN(C)C(=O)C1CCOCC1. The first-order valence-electron chi connectivity index (χ1n) is 12.5. The van der Waals surface area contributed by atoms with Gasteiger partial charge in [-0.05, 0) is 56.2 Å². The Kier molecular flexibility index (Phi) is 7.88. The summed E-state index contributed by atoms with van der Waals surface area (Å²) in [7, 11) is 1.82. The van der Waals surface area contributed by atoms with Crippen molar-refractivity contribution in [3.63, 3.8) is 0 Å². The minimum absolute atomic E-state index is 0.0252. The number of aromatic nitrogens is 1. The van der Waals surface area contributed by atoms with Crippen molar-refractivity contribution in [2.75, 3.05) is 40.0 Å². The van der Waals surface area contributed by atoms with Crippen LogP contribution in [0.15, 0.2) is 18.3 Å². The lowest BCUT2D eigenvalue weighted by atomic mass is 9.96. The molecule has 34 heavy (non-hydrogen) atoms. The van der Waals surface area contributed by atoms with E-state index in [-0.39, 0.29) is 42.4 Å². The fourth-order valence-corrected chi connectivity index (χ4v) is 5.04. The average molecular weight is 472 g/mol. The molecule has 4 rings (SSSR count). The van der Waals surface area contributed by atoms with Crippen LogP contribution in [0.1, 0.15) is 61.9 Å². The summed E-state index contributed by atoms with van der Waals surface area (Å²) >= 11 is 0. The van der Waals surface area contributed by atoms with Crippen LogP contribution in [0.3, 0.4) is 0 Å². The van der Waals surface area contributed by atoms with E-state index in [1.165, 1.54) is 5.57 Å². The van der Waals surface area contributed by atoms with E-state index in [0.29, 0.717) is 37.7 Å². The Hall–Kier alpha value is -2.45. The zero-order valence-corrected chi connectivity index (χ0v) is 20.5. The molecule has 1 aromatic rings. The third-order valence-electron chi connectivity index (χ3n) is 7.33. The van der Waals surface area contributed by atoms with Gasteiger partial charge in [-0.2, -0.15) is 0 Å². The van der Waals surface area contributed by atoms with Crippen molar-refractivity contribution in [2.24, 2.45) is 11.8 Å². The van der Waals surface area contributed by atoms with Gasteiger partial charge in [0.05, 0.1) is 19.2 Å². The molecule has 0 radical (unpaired) electrons. The van der Waals surface area contributed by atoms with Crippen LogP contribution >= 0.6 is 0 Å². The highest BCUT2D eigenvalue weighted by molar-refractivity contribution is 5.97. The number of carbonyl (C=O) groups is 2. The van der Waals surface area contributed by atoms with Crippen LogP contribution in [0.5, 0.6) is 5.88 Å². The van der Waals surface area contributed by atoms with Gasteiger partial charge in [-0.25, -0.2) is 4.98 Å². The molecule has 8 nitrogen and oxygen atoms in total. The molecule has 8 heteroatoms. The first-order chi connectivity index (χ1) is 16.4. The first kappa shape index (κ1) is 24.7. The van der Waals surface area contributed by atoms with Gasteiger partial charge in [0.25, 0.3) is 5.91 Å². The lowest BCUT2D eigenvalue weighted by Gasteiger charge is -2.38. The molecule has 1 N–H and O–H groups in total. The Balaban J connectivity index is 1.61. The lowest BCUT2D eigenvalue weighted by Crippen LogP contribution is -2.51. The van der Waals surface area contributed by atoms with E-state index in [1.807, 2.05) is 27.0 Å². The summed E-state index contributed by atoms with van der Waals surface area (Å²) in [5.74, 6) is 0.139. The fourth-order valence-electron chi connectivity index (χ4n) is 5.04. The smallest absolute Gasteiger partial charge is 0.259 e. The largest absolute Gasteiger partial charge is 0.472 e. The number of pyridine rings is 1. The Labute approximate surface area is 201 Å². The number of aliphatic hydroxyl groups excluding tert-OH is 1. The third-order valence-corrected chi connectivity index (χ3v) is 7.33. The van der Waals surface area contributed by atoms with Gasteiger partial charge in [0.2, 0.25) is 11.8 Å². The molecule has 3 atom stereocenters. The monoisotopic (exact) mass is 471 g/mol. The highest BCUT2D eigenvalue weighted by Gasteiger charge is 2.35. The van der Waals surface area contributed by atoms with Crippen molar-refractivity contribution >= 4 is 17.4 Å². The predicted molar refractivity (Wildman–Crippen MR) is 128 cm³/mol. The van der Waals surface area contributed by atoms with Crippen LogP contribution in [-0.4, -0.2) is 83.8 Å². The summed E-state index contributed by atoms with van der Waals surface area (Å²) in [4.78, 5) is 34.6. The summed E-state index contributed by atoms with van der Waals surface area (Å²) in [6.07, 6.45) is 8.25. The van der Waals surface area contributed by atoms with Crippen LogP contribution in [0.4, 0.5) is 0 Å². The molecule has 1 aromatic heterocycles. The normalized spacial score (nSPS) is 24.5. The summed E-state index contributed by atoms with van der Waals surface area (Å²) < 4.78 is 11.7. The second kappa shape index (κ2) is 10.9. The van der Waals surface area contributed by atoms with E-state index in [9.17, 15) is 14.7 Å². The van der Waals surface area contributed by atoms with Crippen molar-refractivity contribution in [1.82, 2.24) is 14.8 Å². The number of allylic oxidation sites excluding steroid dienone is 2. The molecule has 0 spiro atoms. The molecule has 1 saturated heterocycles. The molecule has 1 fully saturated rings. The number of nitrogens with zero attached hydrogens (tertiary/aromatic N) is 3. The van der Waals surface area contributed by atoms with Gasteiger partial charge in [0, 0.05) is 44.8 Å². The summed E-state index contributed by atoms with van der Waals surface area (Å²) in [5.41, 5.74) is 2.57. The van der Waals surface area contributed by atoms with E-state index >= 15 is 0 Å². The molecule has 2 amide bonds. The number of aliphatic hydroxyl groups is 1. The minimum Gasteiger partial charge on any atom is -0.472 e. The van der Waals surface area contributed by atoms with Crippen LogP contribution in [0.2, 0.25) is 0 Å². The molecular weight excluding hydrogens is 434 g/mol. The van der Waals surface area contributed by atoms with Crippen molar-refractivity contribution in [2.45, 2.75) is 58.1 Å². The summed E-state index contributed by atoms with van der Waals surface area (Å²) in [5, 5.41) is 9.84. The van der Waals surface area contributed by atoms with Crippen molar-refractivity contribution in [3.05, 3.63) is 29.5 Å².